The van der Waals surface area contributed by atoms with E-state index in [0.29, 0.717) is 18.4 Å². The molecule has 0 radical (unpaired) electrons. The van der Waals surface area contributed by atoms with Crippen LogP contribution < -0.4 is 10.6 Å². The van der Waals surface area contributed by atoms with Crippen LogP contribution in [0, 0.1) is 5.92 Å². The van der Waals surface area contributed by atoms with Gasteiger partial charge < -0.3 is 10.6 Å². The van der Waals surface area contributed by atoms with E-state index in [2.05, 4.69) is 38.3 Å². The van der Waals surface area contributed by atoms with Crippen LogP contribution in [0.15, 0.2) is 0 Å². The molecule has 0 aliphatic heterocycles. The molecule has 2 unspecified atom stereocenters. The molecule has 0 saturated heterocycles. The first-order chi connectivity index (χ1) is 8.38. The number of hydrogen-bond acceptors (Lipinski definition) is 2. The summed E-state index contributed by atoms with van der Waals surface area (Å²) in [5.41, 5.74) is 0.0931. The minimum Gasteiger partial charge on any atom is -0.353 e. The molecule has 1 amide bonds. The molecule has 3 nitrogen and oxygen atoms in total. The number of hydrogen-bond donors (Lipinski definition) is 2. The van der Waals surface area contributed by atoms with Crippen molar-refractivity contribution in [2.75, 3.05) is 6.54 Å². The van der Waals surface area contributed by atoms with Gasteiger partial charge in [0.1, 0.15) is 0 Å². The van der Waals surface area contributed by atoms with Crippen molar-refractivity contribution in [2.45, 2.75) is 77.8 Å². The Morgan fingerprint density at radius 2 is 1.83 bits per heavy atom. The molecule has 1 aliphatic rings. The van der Waals surface area contributed by atoms with Gasteiger partial charge >= 0.3 is 0 Å². The second-order valence-electron chi connectivity index (χ2n) is 6.72. The summed E-state index contributed by atoms with van der Waals surface area (Å²) in [4.78, 5) is 11.9. The lowest BCUT2D eigenvalue weighted by Gasteiger charge is -2.24. The Morgan fingerprint density at radius 3 is 2.50 bits per heavy atom. The van der Waals surface area contributed by atoms with Crippen molar-refractivity contribution in [3.63, 3.8) is 0 Å². The van der Waals surface area contributed by atoms with E-state index in [1.165, 1.54) is 25.7 Å². The summed E-state index contributed by atoms with van der Waals surface area (Å²) in [6, 6.07) is 0.398. The van der Waals surface area contributed by atoms with E-state index in [4.69, 9.17) is 0 Å². The molecule has 1 saturated carbocycles. The molecule has 0 aromatic carbocycles. The van der Waals surface area contributed by atoms with Gasteiger partial charge in [0.25, 0.3) is 0 Å². The number of carbonyl (C=O) groups is 1. The predicted octanol–water partition coefficient (Wildman–Crippen LogP) is 2.85. The summed E-state index contributed by atoms with van der Waals surface area (Å²) < 4.78 is 0. The van der Waals surface area contributed by atoms with Crippen LogP contribution in [0.25, 0.3) is 0 Å². The van der Waals surface area contributed by atoms with Crippen LogP contribution in [0.5, 0.6) is 0 Å². The number of amides is 1. The summed E-state index contributed by atoms with van der Waals surface area (Å²) in [6.45, 7) is 9.40. The Morgan fingerprint density at radius 1 is 1.17 bits per heavy atom. The van der Waals surface area contributed by atoms with Gasteiger partial charge in [-0.3, -0.25) is 4.79 Å². The monoisotopic (exact) mass is 254 g/mol. The summed E-state index contributed by atoms with van der Waals surface area (Å²) in [7, 11) is 0. The molecule has 1 fully saturated rings. The van der Waals surface area contributed by atoms with Gasteiger partial charge in [-0.05, 0) is 39.5 Å². The zero-order valence-electron chi connectivity index (χ0n) is 12.5. The van der Waals surface area contributed by atoms with Gasteiger partial charge in [0.2, 0.25) is 5.91 Å². The third-order valence-electron chi connectivity index (χ3n) is 3.72. The van der Waals surface area contributed by atoms with Crippen molar-refractivity contribution in [1.29, 1.82) is 0 Å². The molecule has 2 N–H and O–H groups in total. The first kappa shape index (κ1) is 15.5. The second kappa shape index (κ2) is 7.13. The summed E-state index contributed by atoms with van der Waals surface area (Å²) in [5.74, 6) is 0.831. The molecule has 18 heavy (non-hydrogen) atoms. The fraction of sp³-hybridized carbons (Fsp3) is 0.933. The predicted molar refractivity (Wildman–Crippen MR) is 76.6 cm³/mol. The van der Waals surface area contributed by atoms with Gasteiger partial charge in [-0.1, -0.05) is 26.2 Å². The zero-order valence-corrected chi connectivity index (χ0v) is 12.5. The highest BCUT2D eigenvalue weighted by Crippen LogP contribution is 2.22. The molecular formula is C15H30N2O. The maximum Gasteiger partial charge on any atom is 0.221 e. The van der Waals surface area contributed by atoms with E-state index >= 15 is 0 Å². The summed E-state index contributed by atoms with van der Waals surface area (Å²) in [5, 5.41) is 6.57. The van der Waals surface area contributed by atoms with Crippen molar-refractivity contribution < 1.29 is 4.79 Å². The van der Waals surface area contributed by atoms with Crippen molar-refractivity contribution in [3.05, 3.63) is 0 Å². The molecule has 0 spiro atoms. The van der Waals surface area contributed by atoms with Gasteiger partial charge in [0, 0.05) is 24.5 Å². The summed E-state index contributed by atoms with van der Waals surface area (Å²) in [6.07, 6.45) is 6.89. The highest BCUT2D eigenvalue weighted by atomic mass is 16.1. The lowest BCUT2D eigenvalue weighted by atomic mass is 9.97. The van der Waals surface area contributed by atoms with Crippen LogP contribution in [0.1, 0.15) is 66.2 Å². The molecule has 0 aromatic heterocycles. The Kier molecular flexibility index (Phi) is 6.13. The molecular weight excluding hydrogens is 224 g/mol. The summed E-state index contributed by atoms with van der Waals surface area (Å²) >= 11 is 0. The maximum absolute atomic E-state index is 11.9. The Bertz CT molecular complexity index is 258. The standard InChI is InChI=1S/C15H30N2O/c1-12-8-6-5-7-9-13(12)17-14(18)10-11-16-15(2,3)4/h12-13,16H,5-11H2,1-4H3,(H,17,18). The smallest absolute Gasteiger partial charge is 0.221 e. The van der Waals surface area contributed by atoms with E-state index < -0.39 is 0 Å². The Labute approximate surface area is 112 Å². The highest BCUT2D eigenvalue weighted by molar-refractivity contribution is 5.76. The molecule has 0 heterocycles. The van der Waals surface area contributed by atoms with Crippen LogP contribution in [0.3, 0.4) is 0 Å². The first-order valence-corrected chi connectivity index (χ1v) is 7.43. The molecule has 1 rings (SSSR count). The molecule has 3 heteroatoms. The lowest BCUT2D eigenvalue weighted by molar-refractivity contribution is -0.122. The van der Waals surface area contributed by atoms with Gasteiger partial charge in [-0.15, -0.1) is 0 Å². The molecule has 106 valence electrons. The van der Waals surface area contributed by atoms with Gasteiger partial charge in [0.15, 0.2) is 0 Å². The number of rotatable bonds is 4. The van der Waals surface area contributed by atoms with Gasteiger partial charge in [-0.25, -0.2) is 0 Å². The average Bonchev–Trinajstić information content (AvgIpc) is 2.42. The molecule has 0 aromatic rings. The van der Waals surface area contributed by atoms with Gasteiger partial charge in [-0.2, -0.15) is 0 Å². The van der Waals surface area contributed by atoms with Crippen molar-refractivity contribution in [2.24, 2.45) is 5.92 Å². The largest absolute Gasteiger partial charge is 0.353 e. The molecule has 2 atom stereocenters. The van der Waals surface area contributed by atoms with E-state index in [1.54, 1.807) is 0 Å². The minimum atomic E-state index is 0.0931. The first-order valence-electron chi connectivity index (χ1n) is 7.43. The van der Waals surface area contributed by atoms with E-state index in [0.717, 1.165) is 13.0 Å². The van der Waals surface area contributed by atoms with Gasteiger partial charge in [0.05, 0.1) is 0 Å². The Balaban J connectivity index is 2.26. The van der Waals surface area contributed by atoms with Crippen molar-refractivity contribution in [3.8, 4) is 0 Å². The normalized spacial score (nSPS) is 25.6. The number of nitrogens with one attached hydrogen (secondary N) is 2. The topological polar surface area (TPSA) is 41.1 Å². The van der Waals surface area contributed by atoms with E-state index in [-0.39, 0.29) is 11.4 Å². The molecule has 1 aliphatic carbocycles. The van der Waals surface area contributed by atoms with E-state index in [1.807, 2.05) is 0 Å². The van der Waals surface area contributed by atoms with Crippen LogP contribution in [0.4, 0.5) is 0 Å². The SMILES string of the molecule is CC1CCCCCC1NC(=O)CCNC(C)(C)C. The third-order valence-corrected chi connectivity index (χ3v) is 3.72. The van der Waals surface area contributed by atoms with Crippen LogP contribution in [-0.4, -0.2) is 24.0 Å². The fourth-order valence-electron chi connectivity index (χ4n) is 2.54. The third kappa shape index (κ3) is 6.39. The van der Waals surface area contributed by atoms with E-state index in [9.17, 15) is 4.79 Å². The van der Waals surface area contributed by atoms with Crippen LogP contribution >= 0.6 is 0 Å². The Hall–Kier alpha value is -0.570. The fourth-order valence-corrected chi connectivity index (χ4v) is 2.54. The zero-order chi connectivity index (χ0) is 13.6. The van der Waals surface area contributed by atoms with Crippen molar-refractivity contribution in [1.82, 2.24) is 10.6 Å². The number of carbonyl (C=O) groups excluding carboxylic acids is 1. The van der Waals surface area contributed by atoms with Crippen molar-refractivity contribution >= 4 is 5.91 Å². The maximum atomic E-state index is 11.9. The van der Waals surface area contributed by atoms with Crippen LogP contribution in [-0.2, 0) is 4.79 Å². The second-order valence-corrected chi connectivity index (χ2v) is 6.72. The minimum absolute atomic E-state index is 0.0931. The molecule has 0 bridgehead atoms. The highest BCUT2D eigenvalue weighted by Gasteiger charge is 2.21. The lowest BCUT2D eigenvalue weighted by Crippen LogP contribution is -2.42. The quantitative estimate of drug-likeness (QED) is 0.757. The van der Waals surface area contributed by atoms with Crippen LogP contribution in [0.2, 0.25) is 0 Å². The average molecular weight is 254 g/mol.